The molecule has 2 aromatic rings. The van der Waals surface area contributed by atoms with Crippen molar-refractivity contribution in [2.45, 2.75) is 37.6 Å². The molecule has 0 amide bonds. The lowest BCUT2D eigenvalue weighted by atomic mass is 9.79. The Morgan fingerprint density at radius 3 is 3.11 bits per heavy atom. The first-order valence-corrected chi connectivity index (χ1v) is 7.50. The molecule has 3 heteroatoms. The summed E-state index contributed by atoms with van der Waals surface area (Å²) < 4.78 is 0. The average Bonchev–Trinajstić information content (AvgIpc) is 2.93. The molecule has 3 rings (SSSR count). The molecule has 0 fully saturated rings. The van der Waals surface area contributed by atoms with Crippen LogP contribution in [0.15, 0.2) is 35.2 Å². The van der Waals surface area contributed by atoms with Crippen molar-refractivity contribution in [1.29, 1.82) is 0 Å². The van der Waals surface area contributed by atoms with Crippen LogP contribution in [0.2, 0.25) is 0 Å². The molecule has 1 aliphatic carbocycles. The summed E-state index contributed by atoms with van der Waals surface area (Å²) in [6.07, 6.45) is 4.78. The monoisotopic (exact) mass is 258 g/mol. The third-order valence-corrected chi connectivity index (χ3v) is 4.47. The minimum Gasteiger partial charge on any atom is -0.323 e. The van der Waals surface area contributed by atoms with Gasteiger partial charge in [0.15, 0.2) is 0 Å². The Kier molecular flexibility index (Phi) is 3.43. The van der Waals surface area contributed by atoms with Crippen LogP contribution in [0.5, 0.6) is 0 Å². The molecule has 18 heavy (non-hydrogen) atoms. The first-order valence-electron chi connectivity index (χ1n) is 6.56. The maximum atomic E-state index is 6.27. The molecule has 0 saturated carbocycles. The van der Waals surface area contributed by atoms with Gasteiger partial charge in [0.05, 0.1) is 11.2 Å². The maximum Gasteiger partial charge on any atom is 0.0795 e. The average molecular weight is 258 g/mol. The van der Waals surface area contributed by atoms with Crippen molar-refractivity contribution >= 4 is 11.3 Å². The number of hydrogen-bond donors (Lipinski definition) is 1. The molecule has 2 unspecified atom stereocenters. The number of rotatable bonds is 3. The Balaban J connectivity index is 1.78. The van der Waals surface area contributed by atoms with Gasteiger partial charge in [0.1, 0.15) is 0 Å². The van der Waals surface area contributed by atoms with Crippen molar-refractivity contribution in [3.05, 3.63) is 52.0 Å². The maximum absolute atomic E-state index is 6.27. The van der Waals surface area contributed by atoms with Crippen LogP contribution in [0, 0.1) is 0 Å². The summed E-state index contributed by atoms with van der Waals surface area (Å²) in [5.41, 5.74) is 12.2. The van der Waals surface area contributed by atoms with Crippen LogP contribution in [-0.4, -0.2) is 4.98 Å². The third kappa shape index (κ3) is 2.33. The summed E-state index contributed by atoms with van der Waals surface area (Å²) in [7, 11) is 0. The topological polar surface area (TPSA) is 38.9 Å². The first-order chi connectivity index (χ1) is 8.84. The molecule has 2 nitrogen and oxygen atoms in total. The van der Waals surface area contributed by atoms with Crippen molar-refractivity contribution < 1.29 is 0 Å². The highest BCUT2D eigenvalue weighted by Crippen LogP contribution is 2.36. The summed E-state index contributed by atoms with van der Waals surface area (Å²) in [4.78, 5) is 4.33. The van der Waals surface area contributed by atoms with Gasteiger partial charge < -0.3 is 5.73 Å². The minimum atomic E-state index is 0.0763. The fourth-order valence-electron chi connectivity index (χ4n) is 2.93. The Labute approximate surface area is 112 Å². The first kappa shape index (κ1) is 11.9. The van der Waals surface area contributed by atoms with Crippen LogP contribution in [0.3, 0.4) is 0 Å². The van der Waals surface area contributed by atoms with Gasteiger partial charge in [-0.2, -0.15) is 0 Å². The summed E-state index contributed by atoms with van der Waals surface area (Å²) in [6.45, 7) is 0. The Hall–Kier alpha value is -1.19. The summed E-state index contributed by atoms with van der Waals surface area (Å²) >= 11 is 1.62. The number of benzene rings is 1. The van der Waals surface area contributed by atoms with Crippen LogP contribution in [0.1, 0.15) is 48.0 Å². The Morgan fingerprint density at radius 2 is 2.28 bits per heavy atom. The van der Waals surface area contributed by atoms with E-state index in [-0.39, 0.29) is 6.04 Å². The number of aryl methyl sites for hydroxylation is 1. The van der Waals surface area contributed by atoms with Gasteiger partial charge in [-0.05, 0) is 42.7 Å². The van der Waals surface area contributed by atoms with E-state index in [1.165, 1.54) is 30.4 Å². The van der Waals surface area contributed by atoms with Crippen molar-refractivity contribution in [1.82, 2.24) is 4.98 Å². The molecule has 2 atom stereocenters. The lowest BCUT2D eigenvalue weighted by Crippen LogP contribution is -2.18. The normalized spacial score (nSPS) is 20.4. The van der Waals surface area contributed by atoms with E-state index in [1.807, 2.05) is 5.51 Å². The molecule has 0 radical (unpaired) electrons. The number of hydrogen-bond acceptors (Lipinski definition) is 3. The quantitative estimate of drug-likeness (QED) is 0.912. The summed E-state index contributed by atoms with van der Waals surface area (Å²) in [6, 6.07) is 8.89. The molecule has 0 spiro atoms. The van der Waals surface area contributed by atoms with Crippen molar-refractivity contribution in [2.75, 3.05) is 0 Å². The molecule has 2 N–H and O–H groups in total. The van der Waals surface area contributed by atoms with E-state index >= 15 is 0 Å². The van der Waals surface area contributed by atoms with E-state index in [0.29, 0.717) is 5.92 Å². The molecule has 1 aromatic carbocycles. The van der Waals surface area contributed by atoms with E-state index in [4.69, 9.17) is 5.73 Å². The van der Waals surface area contributed by atoms with Gasteiger partial charge in [0, 0.05) is 11.4 Å². The molecular weight excluding hydrogens is 240 g/mol. The predicted octanol–water partition coefficient (Wildman–Crippen LogP) is 3.65. The van der Waals surface area contributed by atoms with E-state index in [9.17, 15) is 0 Å². The van der Waals surface area contributed by atoms with Crippen LogP contribution in [0.4, 0.5) is 0 Å². The highest BCUT2D eigenvalue weighted by Gasteiger charge is 2.22. The standard InChI is InChI=1S/C15H18N2S/c16-14(15-9-18-10-17-15)8-12-6-3-5-11-4-1-2-7-13(11)12/h1-2,4,7,9-10,12,14H,3,5-6,8,16H2. The van der Waals surface area contributed by atoms with Crippen molar-refractivity contribution in [3.8, 4) is 0 Å². The lowest BCUT2D eigenvalue weighted by Gasteiger charge is -2.27. The fraction of sp³-hybridized carbons (Fsp3) is 0.400. The SMILES string of the molecule is NC(CC1CCCc2ccccc21)c1cscn1. The molecule has 1 heterocycles. The smallest absolute Gasteiger partial charge is 0.0795 e. The number of fused-ring (bicyclic) bond motifs is 1. The number of nitrogens with zero attached hydrogens (tertiary/aromatic N) is 1. The number of thiazole rings is 1. The Morgan fingerprint density at radius 1 is 1.39 bits per heavy atom. The third-order valence-electron chi connectivity index (χ3n) is 3.86. The second-order valence-corrected chi connectivity index (χ2v) is 5.76. The zero-order valence-corrected chi connectivity index (χ0v) is 11.2. The summed E-state index contributed by atoms with van der Waals surface area (Å²) in [5, 5.41) is 2.07. The number of aromatic nitrogens is 1. The van der Waals surface area contributed by atoms with Gasteiger partial charge in [-0.1, -0.05) is 24.3 Å². The molecule has 0 saturated heterocycles. The van der Waals surface area contributed by atoms with Crippen molar-refractivity contribution in [2.24, 2.45) is 5.73 Å². The second-order valence-electron chi connectivity index (χ2n) is 5.04. The predicted molar refractivity (Wildman–Crippen MR) is 75.8 cm³/mol. The van der Waals surface area contributed by atoms with Gasteiger partial charge in [0.2, 0.25) is 0 Å². The van der Waals surface area contributed by atoms with Crippen LogP contribution in [0.25, 0.3) is 0 Å². The largest absolute Gasteiger partial charge is 0.323 e. The van der Waals surface area contributed by atoms with E-state index < -0.39 is 0 Å². The molecule has 0 bridgehead atoms. The van der Waals surface area contributed by atoms with Crippen molar-refractivity contribution in [3.63, 3.8) is 0 Å². The Bertz CT molecular complexity index is 507. The number of nitrogens with two attached hydrogens (primary N) is 1. The second kappa shape index (κ2) is 5.21. The molecular formula is C15H18N2S. The molecule has 1 aromatic heterocycles. The molecule has 0 aliphatic heterocycles. The lowest BCUT2D eigenvalue weighted by molar-refractivity contribution is 0.472. The highest BCUT2D eigenvalue weighted by atomic mass is 32.1. The zero-order chi connectivity index (χ0) is 12.4. The van der Waals surface area contributed by atoms with Gasteiger partial charge in [0.25, 0.3) is 0 Å². The van der Waals surface area contributed by atoms with Gasteiger partial charge in [-0.3, -0.25) is 0 Å². The van der Waals surface area contributed by atoms with E-state index in [0.717, 1.165) is 12.1 Å². The van der Waals surface area contributed by atoms with Crippen LogP contribution in [-0.2, 0) is 6.42 Å². The zero-order valence-electron chi connectivity index (χ0n) is 10.4. The minimum absolute atomic E-state index is 0.0763. The fourth-order valence-corrected chi connectivity index (χ4v) is 3.55. The van der Waals surface area contributed by atoms with E-state index in [2.05, 4.69) is 34.6 Å². The molecule has 1 aliphatic rings. The summed E-state index contributed by atoms with van der Waals surface area (Å²) in [5.74, 6) is 0.603. The highest BCUT2D eigenvalue weighted by molar-refractivity contribution is 7.07. The van der Waals surface area contributed by atoms with Crippen LogP contribution < -0.4 is 5.73 Å². The van der Waals surface area contributed by atoms with Gasteiger partial charge >= 0.3 is 0 Å². The van der Waals surface area contributed by atoms with Gasteiger partial charge in [-0.25, -0.2) is 4.98 Å². The molecule has 94 valence electrons. The van der Waals surface area contributed by atoms with E-state index in [1.54, 1.807) is 11.3 Å². The van der Waals surface area contributed by atoms with Gasteiger partial charge in [-0.15, -0.1) is 11.3 Å². The van der Waals surface area contributed by atoms with Crippen LogP contribution >= 0.6 is 11.3 Å².